The van der Waals surface area contributed by atoms with Crippen molar-refractivity contribution in [2.75, 3.05) is 11.1 Å². The van der Waals surface area contributed by atoms with Crippen LogP contribution in [0, 0.1) is 13.8 Å². The van der Waals surface area contributed by atoms with E-state index in [-0.39, 0.29) is 11.2 Å². The first-order chi connectivity index (χ1) is 8.08. The number of hydrogen-bond acceptors (Lipinski definition) is 5. The van der Waals surface area contributed by atoms with Crippen LogP contribution in [0.4, 0.5) is 11.5 Å². The van der Waals surface area contributed by atoms with Crippen LogP contribution in [0.1, 0.15) is 15.3 Å². The van der Waals surface area contributed by atoms with Crippen molar-refractivity contribution >= 4 is 22.8 Å². The van der Waals surface area contributed by atoms with Crippen molar-refractivity contribution in [3.05, 3.63) is 38.1 Å². The summed E-state index contributed by atoms with van der Waals surface area (Å²) in [5, 5.41) is 3.06. The average Bonchev–Trinajstić information content (AvgIpc) is 2.61. The number of hydrogen-bond donors (Lipinski definition) is 3. The molecule has 2 aromatic rings. The summed E-state index contributed by atoms with van der Waals surface area (Å²) in [6, 6.07) is 2.12. The van der Waals surface area contributed by atoms with Gasteiger partial charge in [-0.2, -0.15) is 0 Å². The van der Waals surface area contributed by atoms with Gasteiger partial charge in [0, 0.05) is 9.75 Å². The van der Waals surface area contributed by atoms with Gasteiger partial charge in [0.2, 0.25) is 0 Å². The van der Waals surface area contributed by atoms with Crippen molar-refractivity contribution in [2.24, 2.45) is 0 Å². The van der Waals surface area contributed by atoms with Crippen LogP contribution < -0.4 is 16.6 Å². The highest BCUT2D eigenvalue weighted by molar-refractivity contribution is 7.12. The summed E-state index contributed by atoms with van der Waals surface area (Å²) in [6.45, 7) is 4.79. The van der Waals surface area contributed by atoms with E-state index in [0.717, 1.165) is 0 Å². The number of H-pyrrole nitrogens is 1. The Balaban J connectivity index is 2.12. The zero-order valence-corrected chi connectivity index (χ0v) is 10.5. The second-order valence-corrected chi connectivity index (χ2v) is 5.14. The molecule has 0 saturated carbocycles. The summed E-state index contributed by atoms with van der Waals surface area (Å²) in [7, 11) is 0. The molecular weight excluding hydrogens is 236 g/mol. The van der Waals surface area contributed by atoms with Gasteiger partial charge in [-0.3, -0.25) is 4.79 Å². The summed E-state index contributed by atoms with van der Waals surface area (Å²) in [5.74, 6) is 0.428. The molecule has 4 N–H and O–H groups in total. The lowest BCUT2D eigenvalue weighted by Crippen LogP contribution is -2.15. The SMILES string of the molecule is Cc1cc(CNc2nc[nH]c(=O)c2N)sc1C. The van der Waals surface area contributed by atoms with E-state index >= 15 is 0 Å². The van der Waals surface area contributed by atoms with E-state index in [9.17, 15) is 4.79 Å². The molecular formula is C11H14N4OS. The Labute approximate surface area is 103 Å². The van der Waals surface area contributed by atoms with E-state index in [1.807, 2.05) is 0 Å². The number of anilines is 2. The third-order valence-electron chi connectivity index (χ3n) is 2.54. The Morgan fingerprint density at radius 3 is 2.94 bits per heavy atom. The Hall–Kier alpha value is -1.82. The van der Waals surface area contributed by atoms with Gasteiger partial charge in [0.15, 0.2) is 5.82 Å². The van der Waals surface area contributed by atoms with Gasteiger partial charge < -0.3 is 16.0 Å². The van der Waals surface area contributed by atoms with Gasteiger partial charge in [0.05, 0.1) is 12.9 Å². The van der Waals surface area contributed by atoms with E-state index in [2.05, 4.69) is 35.2 Å². The molecule has 17 heavy (non-hydrogen) atoms. The molecule has 0 unspecified atom stereocenters. The van der Waals surface area contributed by atoms with Crippen molar-refractivity contribution in [2.45, 2.75) is 20.4 Å². The zero-order chi connectivity index (χ0) is 12.4. The average molecular weight is 250 g/mol. The molecule has 2 heterocycles. The monoisotopic (exact) mass is 250 g/mol. The fourth-order valence-electron chi connectivity index (χ4n) is 1.46. The molecule has 0 spiro atoms. The molecule has 0 bridgehead atoms. The summed E-state index contributed by atoms with van der Waals surface area (Å²) in [6.07, 6.45) is 1.34. The van der Waals surface area contributed by atoms with Gasteiger partial charge in [0.1, 0.15) is 5.69 Å². The first-order valence-electron chi connectivity index (χ1n) is 5.21. The second-order valence-electron chi connectivity index (χ2n) is 3.80. The Bertz CT molecular complexity index is 568. The smallest absolute Gasteiger partial charge is 0.276 e. The molecule has 0 radical (unpaired) electrons. The van der Waals surface area contributed by atoms with Gasteiger partial charge in [-0.1, -0.05) is 0 Å². The predicted molar refractivity (Wildman–Crippen MR) is 70.4 cm³/mol. The molecule has 6 heteroatoms. The first-order valence-corrected chi connectivity index (χ1v) is 6.02. The molecule has 0 aliphatic rings. The van der Waals surface area contributed by atoms with Crippen LogP contribution in [0.15, 0.2) is 17.2 Å². The molecule has 0 saturated heterocycles. The van der Waals surface area contributed by atoms with Gasteiger partial charge in [0.25, 0.3) is 5.56 Å². The minimum atomic E-state index is -0.318. The molecule has 2 aromatic heterocycles. The maximum Gasteiger partial charge on any atom is 0.276 e. The fourth-order valence-corrected chi connectivity index (χ4v) is 2.45. The highest BCUT2D eigenvalue weighted by Crippen LogP contribution is 2.21. The molecule has 0 fully saturated rings. The standard InChI is InChI=1S/C11H14N4OS/c1-6-3-8(17-7(6)2)4-13-10-9(12)11(16)15-5-14-10/h3,5H,4,12H2,1-2H3,(H2,13,14,15,16). The Kier molecular flexibility index (Phi) is 3.14. The number of aryl methyl sites for hydroxylation is 2. The number of thiophene rings is 1. The van der Waals surface area contributed by atoms with Crippen LogP contribution in [0.3, 0.4) is 0 Å². The summed E-state index contributed by atoms with van der Waals surface area (Å²) < 4.78 is 0. The third kappa shape index (κ3) is 2.47. The molecule has 90 valence electrons. The third-order valence-corrected chi connectivity index (χ3v) is 3.69. The summed E-state index contributed by atoms with van der Waals surface area (Å²) >= 11 is 1.73. The number of aromatic nitrogens is 2. The summed E-state index contributed by atoms with van der Waals surface area (Å²) in [4.78, 5) is 20.2. The highest BCUT2D eigenvalue weighted by Gasteiger charge is 2.05. The van der Waals surface area contributed by atoms with Crippen LogP contribution in [-0.4, -0.2) is 9.97 Å². The van der Waals surface area contributed by atoms with E-state index in [1.54, 1.807) is 11.3 Å². The van der Waals surface area contributed by atoms with Gasteiger partial charge in [-0.25, -0.2) is 4.98 Å². The largest absolute Gasteiger partial charge is 0.391 e. The fraction of sp³-hybridized carbons (Fsp3) is 0.273. The first kappa shape index (κ1) is 11.7. The highest BCUT2D eigenvalue weighted by atomic mass is 32.1. The maximum atomic E-state index is 11.3. The normalized spacial score (nSPS) is 10.5. The zero-order valence-electron chi connectivity index (χ0n) is 9.70. The molecule has 0 aliphatic heterocycles. The summed E-state index contributed by atoms with van der Waals surface area (Å²) in [5.41, 5.74) is 6.70. The minimum absolute atomic E-state index is 0.123. The number of nitrogens with zero attached hydrogens (tertiary/aromatic N) is 1. The second kappa shape index (κ2) is 4.58. The lowest BCUT2D eigenvalue weighted by Gasteiger charge is -2.05. The van der Waals surface area contributed by atoms with Crippen molar-refractivity contribution in [3.63, 3.8) is 0 Å². The van der Waals surface area contributed by atoms with E-state index in [4.69, 9.17) is 5.73 Å². The van der Waals surface area contributed by atoms with Crippen LogP contribution >= 0.6 is 11.3 Å². The molecule has 0 amide bonds. The van der Waals surface area contributed by atoms with Gasteiger partial charge in [-0.05, 0) is 25.5 Å². The number of rotatable bonds is 3. The quantitative estimate of drug-likeness (QED) is 0.773. The predicted octanol–water partition coefficient (Wildman–Crippen LogP) is 1.64. The van der Waals surface area contributed by atoms with Crippen molar-refractivity contribution < 1.29 is 0 Å². The number of nitrogen functional groups attached to an aromatic ring is 1. The Morgan fingerprint density at radius 2 is 2.29 bits per heavy atom. The van der Waals surface area contributed by atoms with Crippen molar-refractivity contribution in [1.82, 2.24) is 9.97 Å². The van der Waals surface area contributed by atoms with Crippen LogP contribution in [0.25, 0.3) is 0 Å². The molecule has 0 atom stereocenters. The topological polar surface area (TPSA) is 83.8 Å². The molecule has 0 aromatic carbocycles. The van der Waals surface area contributed by atoms with Gasteiger partial charge >= 0.3 is 0 Å². The molecule has 2 rings (SSSR count). The number of nitrogens with one attached hydrogen (secondary N) is 2. The van der Waals surface area contributed by atoms with Crippen LogP contribution in [0.2, 0.25) is 0 Å². The van der Waals surface area contributed by atoms with Crippen molar-refractivity contribution in [3.8, 4) is 0 Å². The van der Waals surface area contributed by atoms with Crippen LogP contribution in [-0.2, 0) is 6.54 Å². The lowest BCUT2D eigenvalue weighted by atomic mass is 10.3. The number of aromatic amines is 1. The lowest BCUT2D eigenvalue weighted by molar-refractivity contribution is 1.08. The maximum absolute atomic E-state index is 11.3. The van der Waals surface area contributed by atoms with Crippen LogP contribution in [0.5, 0.6) is 0 Å². The van der Waals surface area contributed by atoms with Gasteiger partial charge in [-0.15, -0.1) is 11.3 Å². The molecule has 0 aliphatic carbocycles. The Morgan fingerprint density at radius 1 is 1.53 bits per heavy atom. The van der Waals surface area contributed by atoms with E-state index in [1.165, 1.54) is 21.6 Å². The minimum Gasteiger partial charge on any atom is -0.391 e. The number of nitrogens with two attached hydrogens (primary N) is 1. The molecule has 5 nitrogen and oxygen atoms in total. The van der Waals surface area contributed by atoms with E-state index in [0.29, 0.717) is 12.4 Å². The van der Waals surface area contributed by atoms with Crippen molar-refractivity contribution in [1.29, 1.82) is 0 Å². The van der Waals surface area contributed by atoms with E-state index < -0.39 is 0 Å².